The van der Waals surface area contributed by atoms with Crippen LogP contribution in [0.25, 0.3) is 0 Å². The normalized spacial score (nSPS) is 12.8. The molecule has 0 aliphatic rings. The van der Waals surface area contributed by atoms with Crippen LogP contribution in [-0.4, -0.2) is 13.9 Å². The molecule has 0 aliphatic carbocycles. The largest absolute Gasteiger partial charge is 0.508 e. The smallest absolute Gasteiger partial charge is 0.157 e. The Labute approximate surface area is 73.3 Å². The monoisotopic (exact) mass is 186 g/mol. The van der Waals surface area contributed by atoms with E-state index >= 15 is 0 Å². The molecule has 1 aromatic rings. The molecule has 0 bridgehead atoms. The molecular weight excluding hydrogens is 176 g/mol. The third-order valence-electron chi connectivity index (χ3n) is 1.61. The molecule has 12 heavy (non-hydrogen) atoms. The minimum absolute atomic E-state index is 0.117. The predicted molar refractivity (Wildman–Crippen MR) is 47.3 cm³/mol. The van der Waals surface area contributed by atoms with Crippen molar-refractivity contribution in [3.63, 3.8) is 0 Å². The molecule has 0 saturated heterocycles. The maximum absolute atomic E-state index is 10.5. The lowest BCUT2D eigenvalue weighted by molar-refractivity contribution is 0.474. The SMILES string of the molecule is Cc1cc(O)ccc1CS(=O)O. The Hall–Kier alpha value is -0.870. The van der Waals surface area contributed by atoms with Crippen molar-refractivity contribution in [3.8, 4) is 5.75 Å². The quantitative estimate of drug-likeness (QED) is 0.687. The Bertz CT molecular complexity index is 309. The molecule has 0 aliphatic heterocycles. The first kappa shape index (κ1) is 9.22. The van der Waals surface area contributed by atoms with E-state index in [0.717, 1.165) is 11.1 Å². The highest BCUT2D eigenvalue weighted by atomic mass is 32.2. The zero-order valence-electron chi connectivity index (χ0n) is 6.65. The van der Waals surface area contributed by atoms with Crippen molar-refractivity contribution in [2.75, 3.05) is 0 Å². The number of rotatable bonds is 2. The number of aryl methyl sites for hydroxylation is 1. The Morgan fingerprint density at radius 2 is 2.17 bits per heavy atom. The summed E-state index contributed by atoms with van der Waals surface area (Å²) in [5.41, 5.74) is 1.62. The van der Waals surface area contributed by atoms with E-state index < -0.39 is 11.1 Å². The summed E-state index contributed by atoms with van der Waals surface area (Å²) >= 11 is -1.82. The highest BCUT2D eigenvalue weighted by Crippen LogP contribution is 2.16. The molecule has 0 aromatic heterocycles. The van der Waals surface area contributed by atoms with Crippen LogP contribution in [-0.2, 0) is 16.8 Å². The van der Waals surface area contributed by atoms with Crippen molar-refractivity contribution in [3.05, 3.63) is 29.3 Å². The maximum Gasteiger partial charge on any atom is 0.157 e. The molecule has 1 unspecified atom stereocenters. The van der Waals surface area contributed by atoms with E-state index in [9.17, 15) is 4.21 Å². The first-order valence-corrected chi connectivity index (χ1v) is 4.73. The van der Waals surface area contributed by atoms with Crippen LogP contribution < -0.4 is 0 Å². The van der Waals surface area contributed by atoms with Gasteiger partial charge in [0.25, 0.3) is 0 Å². The third kappa shape index (κ3) is 2.32. The zero-order valence-corrected chi connectivity index (χ0v) is 7.47. The number of aromatic hydroxyl groups is 1. The molecular formula is C8H10O3S. The highest BCUT2D eigenvalue weighted by molar-refractivity contribution is 7.78. The van der Waals surface area contributed by atoms with Gasteiger partial charge in [-0.2, -0.15) is 0 Å². The summed E-state index contributed by atoms with van der Waals surface area (Å²) in [5, 5.41) is 9.03. The van der Waals surface area contributed by atoms with Gasteiger partial charge in [-0.25, -0.2) is 4.21 Å². The molecule has 1 rings (SSSR count). The molecule has 4 heteroatoms. The molecule has 1 aromatic carbocycles. The van der Waals surface area contributed by atoms with Crippen molar-refractivity contribution in [2.24, 2.45) is 0 Å². The second kappa shape index (κ2) is 3.69. The van der Waals surface area contributed by atoms with Gasteiger partial charge in [0.15, 0.2) is 11.1 Å². The van der Waals surface area contributed by atoms with Crippen molar-refractivity contribution in [1.29, 1.82) is 0 Å². The predicted octanol–water partition coefficient (Wildman–Crippen LogP) is 1.42. The van der Waals surface area contributed by atoms with Crippen molar-refractivity contribution < 1.29 is 13.9 Å². The van der Waals surface area contributed by atoms with Gasteiger partial charge in [0.1, 0.15) is 5.75 Å². The van der Waals surface area contributed by atoms with Gasteiger partial charge in [0.05, 0.1) is 5.75 Å². The molecule has 0 saturated carbocycles. The minimum Gasteiger partial charge on any atom is -0.508 e. The van der Waals surface area contributed by atoms with Gasteiger partial charge in [-0.05, 0) is 30.2 Å². The number of benzene rings is 1. The Morgan fingerprint density at radius 3 is 2.67 bits per heavy atom. The Balaban J connectivity index is 2.93. The van der Waals surface area contributed by atoms with Gasteiger partial charge in [-0.15, -0.1) is 0 Å². The van der Waals surface area contributed by atoms with Gasteiger partial charge < -0.3 is 9.66 Å². The van der Waals surface area contributed by atoms with Crippen LogP contribution in [0.3, 0.4) is 0 Å². The van der Waals surface area contributed by atoms with Crippen molar-refractivity contribution in [1.82, 2.24) is 0 Å². The first-order chi connectivity index (χ1) is 5.59. The molecule has 0 heterocycles. The van der Waals surface area contributed by atoms with E-state index in [1.807, 2.05) is 0 Å². The molecule has 2 N–H and O–H groups in total. The topological polar surface area (TPSA) is 57.5 Å². The highest BCUT2D eigenvalue weighted by Gasteiger charge is 2.02. The number of phenolic OH excluding ortho intramolecular Hbond substituents is 1. The van der Waals surface area contributed by atoms with Crippen LogP contribution >= 0.6 is 0 Å². The second-order valence-corrected chi connectivity index (χ2v) is 3.51. The van der Waals surface area contributed by atoms with Crippen molar-refractivity contribution in [2.45, 2.75) is 12.7 Å². The van der Waals surface area contributed by atoms with Gasteiger partial charge in [0.2, 0.25) is 0 Å². The summed E-state index contributed by atoms with van der Waals surface area (Å²) in [7, 11) is 0. The van der Waals surface area contributed by atoms with Crippen LogP contribution in [0.2, 0.25) is 0 Å². The van der Waals surface area contributed by atoms with E-state index in [1.54, 1.807) is 19.1 Å². The average Bonchev–Trinajstić information content (AvgIpc) is 1.94. The fraction of sp³-hybridized carbons (Fsp3) is 0.250. The lowest BCUT2D eigenvalue weighted by atomic mass is 10.1. The van der Waals surface area contributed by atoms with E-state index in [1.165, 1.54) is 6.07 Å². The Morgan fingerprint density at radius 1 is 1.50 bits per heavy atom. The Kier molecular flexibility index (Phi) is 2.83. The molecule has 0 radical (unpaired) electrons. The summed E-state index contributed by atoms with van der Waals surface area (Å²) in [5.74, 6) is 0.298. The first-order valence-electron chi connectivity index (χ1n) is 3.45. The lowest BCUT2D eigenvalue weighted by Gasteiger charge is -2.02. The second-order valence-electron chi connectivity index (χ2n) is 2.58. The fourth-order valence-electron chi connectivity index (χ4n) is 0.975. The third-order valence-corrected chi connectivity index (χ3v) is 2.16. The van der Waals surface area contributed by atoms with Crippen LogP contribution in [0.1, 0.15) is 11.1 Å². The van der Waals surface area contributed by atoms with E-state index in [-0.39, 0.29) is 11.5 Å². The molecule has 1 atom stereocenters. The van der Waals surface area contributed by atoms with Gasteiger partial charge in [-0.1, -0.05) is 6.07 Å². The maximum atomic E-state index is 10.5. The summed E-state index contributed by atoms with van der Waals surface area (Å²) in [6.45, 7) is 1.79. The lowest BCUT2D eigenvalue weighted by Crippen LogP contribution is -1.95. The van der Waals surface area contributed by atoms with Crippen molar-refractivity contribution >= 4 is 11.1 Å². The van der Waals surface area contributed by atoms with Crippen LogP contribution in [0.15, 0.2) is 18.2 Å². The van der Waals surface area contributed by atoms with Crippen LogP contribution in [0.4, 0.5) is 0 Å². The van der Waals surface area contributed by atoms with E-state index in [0.29, 0.717) is 0 Å². The summed E-state index contributed by atoms with van der Waals surface area (Å²) < 4.78 is 19.1. The molecule has 66 valence electrons. The summed E-state index contributed by atoms with van der Waals surface area (Å²) in [6, 6.07) is 4.73. The van der Waals surface area contributed by atoms with Gasteiger partial charge >= 0.3 is 0 Å². The standard InChI is InChI=1S/C8H10O3S/c1-6-4-8(9)3-2-7(6)5-12(10)11/h2-4,9H,5H2,1H3,(H,10,11). The van der Waals surface area contributed by atoms with Gasteiger partial charge in [0, 0.05) is 0 Å². The van der Waals surface area contributed by atoms with E-state index in [4.69, 9.17) is 9.66 Å². The van der Waals surface area contributed by atoms with Crippen LogP contribution in [0.5, 0.6) is 5.75 Å². The summed E-state index contributed by atoms with van der Waals surface area (Å²) in [6.07, 6.45) is 0. The average molecular weight is 186 g/mol. The summed E-state index contributed by atoms with van der Waals surface area (Å²) in [4.78, 5) is 0. The van der Waals surface area contributed by atoms with E-state index in [2.05, 4.69) is 0 Å². The van der Waals surface area contributed by atoms with Gasteiger partial charge in [-0.3, -0.25) is 0 Å². The molecule has 0 fully saturated rings. The molecule has 3 nitrogen and oxygen atoms in total. The molecule has 0 amide bonds. The number of phenols is 1. The zero-order chi connectivity index (χ0) is 9.14. The fourth-order valence-corrected chi connectivity index (χ4v) is 1.56. The minimum atomic E-state index is -1.82. The number of hydrogen-bond acceptors (Lipinski definition) is 2. The van der Waals surface area contributed by atoms with Crippen LogP contribution in [0, 0.1) is 6.92 Å². The molecule has 0 spiro atoms. The number of hydrogen-bond donors (Lipinski definition) is 2.